The molecule has 28 heavy (non-hydrogen) atoms. The van der Waals surface area contributed by atoms with Gasteiger partial charge in [0.25, 0.3) is 0 Å². The van der Waals surface area contributed by atoms with Crippen molar-refractivity contribution in [2.45, 2.75) is 26.8 Å². The zero-order valence-electron chi connectivity index (χ0n) is 16.3. The van der Waals surface area contributed by atoms with Crippen LogP contribution in [-0.2, 0) is 13.0 Å². The van der Waals surface area contributed by atoms with Gasteiger partial charge in [-0.3, -0.25) is 4.99 Å². The third-order valence-electron chi connectivity index (χ3n) is 4.08. The van der Waals surface area contributed by atoms with E-state index in [0.29, 0.717) is 30.5 Å². The Bertz CT molecular complexity index is 815. The van der Waals surface area contributed by atoms with Gasteiger partial charge in [-0.05, 0) is 38.0 Å². The first kappa shape index (κ1) is 23.0. The van der Waals surface area contributed by atoms with Crippen LogP contribution in [0, 0.1) is 6.92 Å². The molecule has 6 nitrogen and oxygen atoms in total. The Balaban J connectivity index is 0.00000280. The minimum absolute atomic E-state index is 0. The van der Waals surface area contributed by atoms with E-state index in [0.717, 1.165) is 47.5 Å². The first-order valence-corrected chi connectivity index (χ1v) is 10.3. The lowest BCUT2D eigenvalue weighted by Crippen LogP contribution is -2.38. The van der Waals surface area contributed by atoms with Crippen LogP contribution < -0.4 is 14.8 Å². The number of benzene rings is 1. The molecule has 1 aromatic carbocycles. The molecule has 3 rings (SSSR count). The maximum atomic E-state index is 6.31. The zero-order chi connectivity index (χ0) is 19.2. The highest BCUT2D eigenvalue weighted by Gasteiger charge is 2.16. The zero-order valence-corrected chi connectivity index (χ0v) is 20.2. The van der Waals surface area contributed by atoms with E-state index >= 15 is 0 Å². The average Bonchev–Trinajstić information content (AvgIpc) is 3.06. The van der Waals surface area contributed by atoms with Gasteiger partial charge in [0.15, 0.2) is 17.5 Å². The maximum Gasteiger partial charge on any atom is 0.194 e. The number of nitrogens with zero attached hydrogens (tertiary/aromatic N) is 3. The lowest BCUT2D eigenvalue weighted by atomic mass is 10.1. The number of guanidine groups is 1. The molecule has 1 aromatic heterocycles. The summed E-state index contributed by atoms with van der Waals surface area (Å²) >= 11 is 7.98. The standard InChI is InChI=1S/C19H25ClN4O2S.HI/c1-4-21-19(24(3)11-15-12-27-13(2)23-15)22-6-5-14-9-16(20)18-17(10-14)25-7-8-26-18;/h9-10,12H,4-8,11H2,1-3H3,(H,21,22);1H. The Morgan fingerprint density at radius 1 is 1.36 bits per heavy atom. The molecule has 0 aliphatic carbocycles. The number of rotatable bonds is 6. The summed E-state index contributed by atoms with van der Waals surface area (Å²) < 4.78 is 11.2. The summed E-state index contributed by atoms with van der Waals surface area (Å²) in [6, 6.07) is 3.92. The molecule has 0 fully saturated rings. The first-order chi connectivity index (χ1) is 13.1. The second-order valence-electron chi connectivity index (χ2n) is 6.30. The van der Waals surface area contributed by atoms with Gasteiger partial charge in [0.05, 0.1) is 22.3 Å². The molecule has 0 radical (unpaired) electrons. The Morgan fingerprint density at radius 3 is 2.86 bits per heavy atom. The Hall–Kier alpha value is -1.26. The van der Waals surface area contributed by atoms with Crippen LogP contribution in [0.25, 0.3) is 0 Å². The number of fused-ring (bicyclic) bond motifs is 1. The SMILES string of the molecule is CCNC(=NCCc1cc(Cl)c2c(c1)OCCO2)N(C)Cc1csc(C)n1.I. The summed E-state index contributed by atoms with van der Waals surface area (Å²) in [4.78, 5) is 11.4. The van der Waals surface area contributed by atoms with Gasteiger partial charge >= 0.3 is 0 Å². The molecule has 0 saturated heterocycles. The normalized spacial score (nSPS) is 13.1. The Kier molecular flexibility index (Phi) is 9.10. The molecule has 0 spiro atoms. The first-order valence-electron chi connectivity index (χ1n) is 9.05. The van der Waals surface area contributed by atoms with Crippen molar-refractivity contribution in [2.24, 2.45) is 4.99 Å². The lowest BCUT2D eigenvalue weighted by molar-refractivity contribution is 0.171. The highest BCUT2D eigenvalue weighted by atomic mass is 127. The molecule has 0 saturated carbocycles. The fourth-order valence-electron chi connectivity index (χ4n) is 2.87. The summed E-state index contributed by atoms with van der Waals surface area (Å²) in [6.07, 6.45) is 0.773. The monoisotopic (exact) mass is 536 g/mol. The van der Waals surface area contributed by atoms with Crippen LogP contribution in [0.15, 0.2) is 22.5 Å². The number of aromatic nitrogens is 1. The Morgan fingerprint density at radius 2 is 2.14 bits per heavy atom. The van der Waals surface area contributed by atoms with Gasteiger partial charge in [-0.1, -0.05) is 11.6 Å². The number of hydrogen-bond donors (Lipinski definition) is 1. The second kappa shape index (κ2) is 11.1. The molecular formula is C19H26ClIN4O2S. The number of thiazole rings is 1. The summed E-state index contributed by atoms with van der Waals surface area (Å²) in [5.41, 5.74) is 2.14. The van der Waals surface area contributed by atoms with Crippen molar-refractivity contribution in [3.05, 3.63) is 38.8 Å². The topological polar surface area (TPSA) is 59.0 Å². The van der Waals surface area contributed by atoms with Crippen molar-refractivity contribution in [3.63, 3.8) is 0 Å². The molecule has 1 aliphatic rings. The molecular weight excluding hydrogens is 511 g/mol. The molecule has 1 N–H and O–H groups in total. The van der Waals surface area contributed by atoms with E-state index in [1.807, 2.05) is 26.1 Å². The van der Waals surface area contributed by atoms with Gasteiger partial charge in [-0.25, -0.2) is 4.98 Å². The largest absolute Gasteiger partial charge is 0.486 e. The summed E-state index contributed by atoms with van der Waals surface area (Å²) in [6.45, 7) is 7.37. The number of aliphatic imine (C=N–C) groups is 1. The summed E-state index contributed by atoms with van der Waals surface area (Å²) in [5.74, 6) is 2.23. The van der Waals surface area contributed by atoms with E-state index in [-0.39, 0.29) is 24.0 Å². The average molecular weight is 537 g/mol. The van der Waals surface area contributed by atoms with Crippen LogP contribution in [0.5, 0.6) is 11.5 Å². The van der Waals surface area contributed by atoms with E-state index in [1.54, 1.807) is 11.3 Å². The van der Waals surface area contributed by atoms with E-state index in [9.17, 15) is 0 Å². The summed E-state index contributed by atoms with van der Waals surface area (Å²) in [7, 11) is 2.02. The van der Waals surface area contributed by atoms with E-state index in [1.165, 1.54) is 0 Å². The molecule has 9 heteroatoms. The van der Waals surface area contributed by atoms with E-state index in [2.05, 4.69) is 27.5 Å². The van der Waals surface area contributed by atoms with Crippen molar-refractivity contribution in [1.82, 2.24) is 15.2 Å². The lowest BCUT2D eigenvalue weighted by Gasteiger charge is -2.21. The molecule has 154 valence electrons. The molecule has 1 aliphatic heterocycles. The third-order valence-corrected chi connectivity index (χ3v) is 5.18. The van der Waals surface area contributed by atoms with Crippen molar-refractivity contribution in [3.8, 4) is 11.5 Å². The van der Waals surface area contributed by atoms with Crippen LogP contribution in [0.4, 0.5) is 0 Å². The van der Waals surface area contributed by atoms with Gasteiger partial charge in [0.2, 0.25) is 0 Å². The maximum absolute atomic E-state index is 6.31. The van der Waals surface area contributed by atoms with Gasteiger partial charge in [0.1, 0.15) is 13.2 Å². The minimum Gasteiger partial charge on any atom is -0.486 e. The summed E-state index contributed by atoms with van der Waals surface area (Å²) in [5, 5.41) is 7.10. The van der Waals surface area contributed by atoms with Crippen LogP contribution >= 0.6 is 46.9 Å². The fourth-order valence-corrected chi connectivity index (χ4v) is 3.76. The highest BCUT2D eigenvalue weighted by Crippen LogP contribution is 2.38. The van der Waals surface area contributed by atoms with Crippen LogP contribution in [-0.4, -0.2) is 49.2 Å². The van der Waals surface area contributed by atoms with E-state index in [4.69, 9.17) is 26.1 Å². The predicted molar refractivity (Wildman–Crippen MR) is 126 cm³/mol. The Labute approximate surface area is 192 Å². The minimum atomic E-state index is 0. The molecule has 0 unspecified atom stereocenters. The highest BCUT2D eigenvalue weighted by molar-refractivity contribution is 14.0. The van der Waals surface area contributed by atoms with Crippen molar-refractivity contribution in [2.75, 3.05) is 33.4 Å². The van der Waals surface area contributed by atoms with Gasteiger partial charge in [0, 0.05) is 25.5 Å². The molecule has 0 atom stereocenters. The second-order valence-corrected chi connectivity index (χ2v) is 7.77. The molecule has 0 amide bonds. The third kappa shape index (κ3) is 6.12. The molecule has 2 aromatic rings. The number of aryl methyl sites for hydroxylation is 1. The van der Waals surface area contributed by atoms with Gasteiger partial charge in [-0.2, -0.15) is 0 Å². The number of ether oxygens (including phenoxy) is 2. The van der Waals surface area contributed by atoms with Crippen LogP contribution in [0.1, 0.15) is 23.2 Å². The van der Waals surface area contributed by atoms with Gasteiger partial charge in [-0.15, -0.1) is 35.3 Å². The smallest absolute Gasteiger partial charge is 0.194 e. The number of nitrogens with one attached hydrogen (secondary N) is 1. The van der Waals surface area contributed by atoms with E-state index < -0.39 is 0 Å². The van der Waals surface area contributed by atoms with Gasteiger partial charge < -0.3 is 19.7 Å². The van der Waals surface area contributed by atoms with Crippen LogP contribution in [0.3, 0.4) is 0 Å². The predicted octanol–water partition coefficient (Wildman–Crippen LogP) is 4.13. The quantitative estimate of drug-likeness (QED) is 0.342. The van der Waals surface area contributed by atoms with Crippen molar-refractivity contribution < 1.29 is 9.47 Å². The number of hydrogen-bond acceptors (Lipinski definition) is 5. The molecule has 2 heterocycles. The van der Waals surface area contributed by atoms with Crippen molar-refractivity contribution in [1.29, 1.82) is 0 Å². The van der Waals surface area contributed by atoms with Crippen molar-refractivity contribution >= 4 is 52.9 Å². The fraction of sp³-hybridized carbons (Fsp3) is 0.474. The van der Waals surface area contributed by atoms with Crippen LogP contribution in [0.2, 0.25) is 5.02 Å². The number of halogens is 2. The molecule has 0 bridgehead atoms.